The van der Waals surface area contributed by atoms with Crippen molar-refractivity contribution in [3.8, 4) is 16.9 Å². The van der Waals surface area contributed by atoms with Crippen LogP contribution in [-0.4, -0.2) is 322 Å². The Morgan fingerprint density at radius 2 is 1.37 bits per heavy atom. The Balaban J connectivity index is 0.702. The fraction of sp³-hybridized carbons (Fsp3) is 0.663. The zero-order valence-corrected chi connectivity index (χ0v) is 79.0. The number of anilines is 1. The lowest BCUT2D eigenvalue weighted by atomic mass is 9.80. The maximum Gasteiger partial charge on any atom is 0.329 e. The van der Waals surface area contributed by atoms with E-state index in [9.17, 15) is 62.7 Å². The summed E-state index contributed by atoms with van der Waals surface area (Å²) in [4.78, 5) is 95.1. The number of aromatic nitrogens is 1. The number of aryl methyl sites for hydroxylation is 1. The SMILES string of the molecule is C=C/C=C/C=C(\C)[C@H](C[C@@H]1CC[C@@H](C)[C@](O)(C(=O)C(=O)N2CCCC[C@H]2C(=O)O[C@@H](C[C@@H](O)[C@H](C)/C=C(\C)[C@@H](O)[C@@H](O)/C(=N/OCC(=O)NCCOCCOCCOCCOCCOCCOCCOCCOCCC(=O)NCCS(=O)(=O)c2ccc(C(=O)N3CCOc4ccc(-c5ccc(N)nc5)cc4C3)c(C)c2)[C@H](C)CC(C)C)[C@H](N)C[C@@H]2CC[C@@H](O)[C@H](OC)C2)O1)OC. The highest BCUT2D eigenvalue weighted by Crippen LogP contribution is 2.39. The Bertz CT molecular complexity index is 4250. The average Bonchev–Trinajstić information content (AvgIpc) is 1.05. The molecular formula is C95H146N8O27S. The number of sulfone groups is 1. The fourth-order valence-corrected chi connectivity index (χ4v) is 17.4. The molecule has 15 atom stereocenters. The third-order valence-electron chi connectivity index (χ3n) is 23.8. The molecule has 2 aromatic carbocycles. The molecule has 0 spiro atoms. The van der Waals surface area contributed by atoms with Gasteiger partial charge in [-0.15, -0.1) is 0 Å². The Morgan fingerprint density at radius 3 is 1.98 bits per heavy atom. The number of pyridine rings is 1. The minimum atomic E-state index is -3.79. The number of fused-ring (bicyclic) bond motifs is 1. The molecule has 3 fully saturated rings. The summed E-state index contributed by atoms with van der Waals surface area (Å²) in [6, 6.07) is 11.7. The van der Waals surface area contributed by atoms with Crippen LogP contribution < -0.4 is 26.8 Å². The number of likely N-dealkylation sites (tertiary alicyclic amines) is 1. The first kappa shape index (κ1) is 110. The minimum Gasteiger partial charge on any atom is -0.491 e. The largest absolute Gasteiger partial charge is 0.491 e. The third kappa shape index (κ3) is 36.9. The third-order valence-corrected chi connectivity index (χ3v) is 25.5. The van der Waals surface area contributed by atoms with Gasteiger partial charge in [-0.05, 0) is 162 Å². The van der Waals surface area contributed by atoms with Crippen molar-refractivity contribution in [3.05, 3.63) is 120 Å². The molecule has 36 heteroatoms. The van der Waals surface area contributed by atoms with Crippen molar-refractivity contribution in [1.82, 2.24) is 25.4 Å². The number of esters is 1. The molecule has 0 radical (unpaired) electrons. The van der Waals surface area contributed by atoms with Crippen LogP contribution in [0.3, 0.4) is 0 Å². The van der Waals surface area contributed by atoms with Crippen molar-refractivity contribution in [1.29, 1.82) is 0 Å². The summed E-state index contributed by atoms with van der Waals surface area (Å²) in [7, 11) is -0.706. The monoisotopic (exact) mass is 1860 g/mol. The quantitative estimate of drug-likeness (QED) is 0.00542. The molecule has 2 saturated heterocycles. The van der Waals surface area contributed by atoms with E-state index in [2.05, 4.69) is 27.4 Å². The summed E-state index contributed by atoms with van der Waals surface area (Å²) in [5.41, 5.74) is 17.5. The lowest BCUT2D eigenvalue weighted by Crippen LogP contribution is -2.61. The van der Waals surface area contributed by atoms with Gasteiger partial charge in [0.15, 0.2) is 16.4 Å². The number of nitrogen functional groups attached to an aromatic ring is 1. The zero-order valence-electron chi connectivity index (χ0n) is 78.2. The molecule has 734 valence electrons. The first-order valence-corrected chi connectivity index (χ1v) is 47.5. The minimum absolute atomic E-state index is 0.0194. The van der Waals surface area contributed by atoms with Crippen LogP contribution in [0.2, 0.25) is 0 Å². The van der Waals surface area contributed by atoms with Crippen LogP contribution in [-0.2, 0) is 102 Å². The predicted octanol–water partition coefficient (Wildman–Crippen LogP) is 6.67. The number of nitrogens with one attached hydrogen (secondary N) is 2. The van der Waals surface area contributed by atoms with Crippen LogP contribution in [0.25, 0.3) is 11.1 Å². The van der Waals surface area contributed by atoms with Crippen molar-refractivity contribution < 1.29 is 129 Å². The molecule has 131 heavy (non-hydrogen) atoms. The second-order valence-electron chi connectivity index (χ2n) is 34.4. The molecule has 1 aromatic heterocycles. The first-order valence-electron chi connectivity index (χ1n) is 45.9. The molecule has 0 unspecified atom stereocenters. The molecule has 3 aliphatic heterocycles. The van der Waals surface area contributed by atoms with Gasteiger partial charge >= 0.3 is 5.97 Å². The number of rotatable bonds is 60. The van der Waals surface area contributed by atoms with E-state index in [4.69, 9.17) is 77.9 Å². The highest BCUT2D eigenvalue weighted by Gasteiger charge is 2.53. The Labute approximate surface area is 772 Å². The number of nitrogens with two attached hydrogens (primary N) is 2. The van der Waals surface area contributed by atoms with Crippen LogP contribution in [0.15, 0.2) is 113 Å². The lowest BCUT2D eigenvalue weighted by Gasteiger charge is -2.42. The van der Waals surface area contributed by atoms with E-state index in [0.717, 1.165) is 27.2 Å². The van der Waals surface area contributed by atoms with Gasteiger partial charge in [-0.3, -0.25) is 24.0 Å². The topological polar surface area (TPSA) is 475 Å². The van der Waals surface area contributed by atoms with E-state index in [-0.39, 0.29) is 111 Å². The summed E-state index contributed by atoms with van der Waals surface area (Å²) < 4.78 is 101. The van der Waals surface area contributed by atoms with Gasteiger partial charge < -0.3 is 124 Å². The molecule has 1 saturated carbocycles. The molecule has 7 rings (SSSR count). The van der Waals surface area contributed by atoms with Crippen LogP contribution >= 0.6 is 0 Å². The second-order valence-corrected chi connectivity index (χ2v) is 36.5. The molecule has 35 nitrogen and oxygen atoms in total. The van der Waals surface area contributed by atoms with Crippen molar-refractivity contribution in [2.45, 2.75) is 217 Å². The average molecular weight is 1860 g/mol. The number of ketones is 1. The number of hydrogen-bond acceptors (Lipinski definition) is 31. The van der Waals surface area contributed by atoms with Crippen LogP contribution in [0.5, 0.6) is 5.75 Å². The smallest absolute Gasteiger partial charge is 0.329 e. The number of piperidine rings is 1. The summed E-state index contributed by atoms with van der Waals surface area (Å²) in [5, 5.41) is 67.7. The summed E-state index contributed by atoms with van der Waals surface area (Å²) in [5.74, 6) is -7.77. The number of benzene rings is 2. The van der Waals surface area contributed by atoms with E-state index in [0.29, 0.717) is 186 Å². The van der Waals surface area contributed by atoms with E-state index in [1.807, 2.05) is 64.1 Å². The van der Waals surface area contributed by atoms with Gasteiger partial charge in [0.05, 0.1) is 159 Å². The Kier molecular flexibility index (Phi) is 48.9. The summed E-state index contributed by atoms with van der Waals surface area (Å²) in [6.45, 7) is 23.5. The van der Waals surface area contributed by atoms with E-state index in [1.165, 1.54) is 25.3 Å². The van der Waals surface area contributed by atoms with Gasteiger partial charge in [0, 0.05) is 106 Å². The van der Waals surface area contributed by atoms with Crippen molar-refractivity contribution in [3.63, 3.8) is 0 Å². The van der Waals surface area contributed by atoms with Gasteiger partial charge in [-0.25, -0.2) is 18.2 Å². The van der Waals surface area contributed by atoms with E-state index >= 15 is 0 Å². The van der Waals surface area contributed by atoms with Crippen LogP contribution in [0.1, 0.15) is 153 Å². The number of carbonyl (C=O) groups excluding carboxylic acids is 6. The van der Waals surface area contributed by atoms with Gasteiger partial charge in [-0.1, -0.05) is 82.8 Å². The molecule has 4 aliphatic rings. The standard InChI is InChI=1S/C95H146N8O27S/c1-12-13-14-17-64(4)82(117-10)58-74-23-19-69(9)95(114,130-74)91(110)93(112)103-32-16-15-18-78(103)94(113)129-83(77(96)55-70-20-26-79(104)84(56-70)118-11)59-80(105)66(6)53-68(8)89(108)90(109)88(67(7)52-63(2)3)101-128-62-87(107)98-30-35-120-38-40-122-42-44-124-46-48-126-50-49-125-47-45-123-43-41-121-39-37-119-34-29-86(106)99-31-51-131(115,116)75-24-25-76(65(5)54-75)92(111)102-33-36-127-81-27-21-71(57-73(81)61-102)72-22-28-85(97)100-60-72/h12-14,17,21-22,24-25,27-28,53-54,57,60,63,66-67,69-70,74,77-80,82-84,89-90,104-105,108-109,114H,1,15-16,18-20,23,26,29-52,55-56,58-59,61-62,96H2,2-11H3,(H2,97,100)(H,98,107)(H,99,106)/b14-13+,64-17+,68-53+,101-88+/t66-,67-,69-,70+,74+,77-,78+,79-,80-,82+,83+,84-,89-,90+,95-/m1/s1. The number of carbonyl (C=O) groups is 6. The maximum absolute atomic E-state index is 14.6. The number of aliphatic hydroxyl groups is 5. The second kappa shape index (κ2) is 58.3. The number of allylic oxidation sites excluding steroid dienone is 4. The van der Waals surface area contributed by atoms with E-state index < -0.39 is 124 Å². The number of hydrogen-bond donors (Lipinski definition) is 9. The van der Waals surface area contributed by atoms with Crippen molar-refractivity contribution in [2.75, 3.05) is 171 Å². The van der Waals surface area contributed by atoms with Gasteiger partial charge in [0.1, 0.15) is 42.5 Å². The number of Topliss-reactive ketones (excluding diaryl/α,β-unsaturated/α-hetero) is 1. The zero-order chi connectivity index (χ0) is 95.4. The number of ether oxygens (including phenoxy) is 13. The maximum atomic E-state index is 14.6. The van der Waals surface area contributed by atoms with Gasteiger partial charge in [0.2, 0.25) is 11.7 Å². The van der Waals surface area contributed by atoms with E-state index in [1.54, 1.807) is 70.2 Å². The fourth-order valence-electron chi connectivity index (χ4n) is 16.2. The Hall–Kier alpha value is -8.09. The molecular weight excluding hydrogens is 1720 g/mol. The highest BCUT2D eigenvalue weighted by molar-refractivity contribution is 7.91. The molecule has 3 aromatic rings. The van der Waals surface area contributed by atoms with Crippen molar-refractivity contribution >= 4 is 56.7 Å². The number of methoxy groups -OCH3 is 2. The number of aliphatic hydroxyl groups excluding tert-OH is 4. The molecule has 0 bridgehead atoms. The van der Waals surface area contributed by atoms with Crippen LogP contribution in [0.4, 0.5) is 5.82 Å². The van der Waals surface area contributed by atoms with Gasteiger partial charge in [-0.2, -0.15) is 0 Å². The lowest BCUT2D eigenvalue weighted by molar-refractivity contribution is -0.265. The number of amides is 4. The molecule has 4 heterocycles. The molecule has 1 aliphatic carbocycles. The molecule has 4 amide bonds. The van der Waals surface area contributed by atoms with Crippen molar-refractivity contribution in [2.24, 2.45) is 40.5 Å². The number of oxime groups is 1. The number of nitrogens with zero attached hydrogens (tertiary/aromatic N) is 4. The highest BCUT2D eigenvalue weighted by atomic mass is 32.2. The summed E-state index contributed by atoms with van der Waals surface area (Å²) >= 11 is 0. The van der Waals surface area contributed by atoms with Crippen LogP contribution in [0, 0.1) is 36.5 Å². The summed E-state index contributed by atoms with van der Waals surface area (Å²) in [6.07, 6.45) is 7.23. The predicted molar refractivity (Wildman–Crippen MR) is 490 cm³/mol. The van der Waals surface area contributed by atoms with Gasteiger partial charge in [0.25, 0.3) is 23.5 Å². The normalized spacial score (nSPS) is 21.3. The Morgan fingerprint density at radius 1 is 0.733 bits per heavy atom. The molecule has 11 N–H and O–H groups in total. The first-order chi connectivity index (χ1) is 62.8.